The number of esters is 1. The van der Waals surface area contributed by atoms with Gasteiger partial charge in [-0.15, -0.1) is 5.11 Å². The van der Waals surface area contributed by atoms with Gasteiger partial charge in [0.25, 0.3) is 10.1 Å². The first kappa shape index (κ1) is 19.9. The van der Waals surface area contributed by atoms with E-state index in [0.29, 0.717) is 5.56 Å². The van der Waals surface area contributed by atoms with Crippen LogP contribution in [0.15, 0.2) is 64.2 Å². The Morgan fingerprint density at radius 1 is 1.22 bits per heavy atom. The van der Waals surface area contributed by atoms with Crippen molar-refractivity contribution in [2.75, 3.05) is 0 Å². The Kier molecular flexibility index (Phi) is 5.78. The van der Waals surface area contributed by atoms with Crippen LogP contribution in [0.4, 0.5) is 17.1 Å². The summed E-state index contributed by atoms with van der Waals surface area (Å²) in [7, 11) is -4.35. The van der Waals surface area contributed by atoms with Crippen molar-refractivity contribution in [2.45, 2.75) is 11.8 Å². The number of carbonyl (C=O) groups excluding carboxylic acids is 1. The summed E-state index contributed by atoms with van der Waals surface area (Å²) in [5.74, 6) is -1.14. The minimum atomic E-state index is -4.35. The Morgan fingerprint density at radius 2 is 1.85 bits per heavy atom. The van der Waals surface area contributed by atoms with Crippen LogP contribution < -0.4 is 4.74 Å². The fourth-order valence-corrected chi connectivity index (χ4v) is 2.47. The number of ether oxygens (including phenoxy) is 1. The van der Waals surface area contributed by atoms with Crippen LogP contribution in [0.25, 0.3) is 0 Å². The van der Waals surface area contributed by atoms with Crippen LogP contribution in [0.2, 0.25) is 0 Å². The molecular weight excluding hydrogens is 378 g/mol. The summed E-state index contributed by atoms with van der Waals surface area (Å²) in [6.45, 7) is 4.76. The Balaban J connectivity index is 2.45. The number of carbonyl (C=O) groups is 1. The van der Waals surface area contributed by atoms with Crippen molar-refractivity contribution in [2.24, 2.45) is 10.2 Å². The molecule has 0 aliphatic carbocycles. The molecule has 11 heteroatoms. The zero-order valence-corrected chi connectivity index (χ0v) is 14.7. The standard InChI is InChI=1S/C16H13N3O7S/c1-3-14(20)26-16-10(2)4-9-13(15(16)19(21)22)18-17-11-5-7-12(8-6-11)27(23,24)25/h3-9H,1H2,2H3,(H,23,24,25). The van der Waals surface area contributed by atoms with E-state index in [-0.39, 0.29) is 22.0 Å². The molecular formula is C16H13N3O7S. The van der Waals surface area contributed by atoms with Crippen molar-refractivity contribution in [3.8, 4) is 5.75 Å². The first-order valence-electron chi connectivity index (χ1n) is 7.25. The third-order valence-corrected chi connectivity index (χ3v) is 4.13. The van der Waals surface area contributed by atoms with Crippen molar-refractivity contribution in [1.82, 2.24) is 0 Å². The van der Waals surface area contributed by atoms with E-state index in [4.69, 9.17) is 9.29 Å². The second-order valence-electron chi connectivity index (χ2n) is 5.13. The lowest BCUT2D eigenvalue weighted by Crippen LogP contribution is -2.07. The molecule has 0 aromatic heterocycles. The molecule has 0 saturated heterocycles. The summed E-state index contributed by atoms with van der Waals surface area (Å²) in [5.41, 5.74) is -0.199. The second kappa shape index (κ2) is 7.85. The maximum Gasteiger partial charge on any atom is 0.339 e. The normalized spacial score (nSPS) is 11.3. The highest BCUT2D eigenvalue weighted by molar-refractivity contribution is 7.85. The van der Waals surface area contributed by atoms with Crippen LogP contribution in [-0.2, 0) is 14.9 Å². The number of aryl methyl sites for hydroxylation is 1. The molecule has 1 N–H and O–H groups in total. The zero-order chi connectivity index (χ0) is 20.2. The summed E-state index contributed by atoms with van der Waals surface area (Å²) >= 11 is 0. The van der Waals surface area contributed by atoms with E-state index in [2.05, 4.69) is 16.8 Å². The van der Waals surface area contributed by atoms with Crippen LogP contribution >= 0.6 is 0 Å². The van der Waals surface area contributed by atoms with Crippen LogP contribution in [0, 0.1) is 17.0 Å². The first-order valence-corrected chi connectivity index (χ1v) is 8.69. The molecule has 2 aromatic rings. The zero-order valence-electron chi connectivity index (χ0n) is 13.9. The van der Waals surface area contributed by atoms with E-state index in [1.807, 2.05) is 0 Å². The fourth-order valence-electron chi connectivity index (χ4n) is 1.99. The average Bonchev–Trinajstić information content (AvgIpc) is 2.61. The quantitative estimate of drug-likeness (QED) is 0.150. The topological polar surface area (TPSA) is 149 Å². The third kappa shape index (κ3) is 4.80. The van der Waals surface area contributed by atoms with Gasteiger partial charge in [-0.3, -0.25) is 14.7 Å². The minimum Gasteiger partial charge on any atom is -0.416 e. The van der Waals surface area contributed by atoms with Crippen molar-refractivity contribution < 1.29 is 27.4 Å². The Bertz CT molecular complexity index is 1040. The summed E-state index contributed by atoms with van der Waals surface area (Å²) in [6, 6.07) is 7.51. The van der Waals surface area contributed by atoms with E-state index in [0.717, 1.165) is 18.2 Å². The van der Waals surface area contributed by atoms with Gasteiger partial charge in [0, 0.05) is 6.08 Å². The van der Waals surface area contributed by atoms with Gasteiger partial charge in [-0.2, -0.15) is 13.5 Å². The molecule has 27 heavy (non-hydrogen) atoms. The number of rotatable bonds is 6. The first-order chi connectivity index (χ1) is 12.6. The molecule has 2 aromatic carbocycles. The van der Waals surface area contributed by atoms with E-state index in [1.54, 1.807) is 0 Å². The Hall–Kier alpha value is -3.44. The van der Waals surface area contributed by atoms with Crippen LogP contribution in [0.1, 0.15) is 5.56 Å². The van der Waals surface area contributed by atoms with Crippen molar-refractivity contribution in [3.05, 3.63) is 64.7 Å². The predicted octanol–water partition coefficient (Wildman–Crippen LogP) is 3.66. The maximum atomic E-state index is 11.4. The second-order valence-corrected chi connectivity index (χ2v) is 6.55. The summed E-state index contributed by atoms with van der Waals surface area (Å²) in [5, 5.41) is 19.0. The molecule has 0 unspecified atom stereocenters. The molecule has 0 saturated carbocycles. The lowest BCUT2D eigenvalue weighted by Gasteiger charge is -2.07. The van der Waals surface area contributed by atoms with Crippen molar-refractivity contribution in [1.29, 1.82) is 0 Å². The average molecular weight is 391 g/mol. The van der Waals surface area contributed by atoms with Gasteiger partial charge in [-0.1, -0.05) is 12.6 Å². The van der Waals surface area contributed by atoms with Gasteiger partial charge in [-0.25, -0.2) is 4.79 Å². The highest BCUT2D eigenvalue weighted by Gasteiger charge is 2.25. The predicted molar refractivity (Wildman–Crippen MR) is 94.1 cm³/mol. The van der Waals surface area contributed by atoms with E-state index in [9.17, 15) is 23.3 Å². The minimum absolute atomic E-state index is 0.170. The SMILES string of the molecule is C=CC(=O)Oc1c(C)ccc(N=Nc2ccc(S(=O)(=O)O)cc2)c1[N+](=O)[O-]. The molecule has 0 heterocycles. The van der Waals surface area contributed by atoms with Crippen molar-refractivity contribution >= 4 is 33.1 Å². The lowest BCUT2D eigenvalue weighted by molar-refractivity contribution is -0.384. The van der Waals surface area contributed by atoms with Gasteiger partial charge >= 0.3 is 11.7 Å². The number of hydrogen-bond donors (Lipinski definition) is 1. The van der Waals surface area contributed by atoms with Gasteiger partial charge in [0.1, 0.15) is 0 Å². The number of azo groups is 1. The summed E-state index contributed by atoms with van der Waals surface area (Å²) in [6.07, 6.45) is 0.869. The number of nitro benzene ring substituents is 1. The van der Waals surface area contributed by atoms with Gasteiger partial charge in [0.15, 0.2) is 5.69 Å². The van der Waals surface area contributed by atoms with Crippen LogP contribution in [0.5, 0.6) is 5.75 Å². The van der Waals surface area contributed by atoms with Gasteiger partial charge < -0.3 is 4.74 Å². The van der Waals surface area contributed by atoms with E-state index >= 15 is 0 Å². The summed E-state index contributed by atoms with van der Waals surface area (Å²) in [4.78, 5) is 21.8. The van der Waals surface area contributed by atoms with E-state index in [1.165, 1.54) is 31.2 Å². The van der Waals surface area contributed by atoms with Crippen molar-refractivity contribution in [3.63, 3.8) is 0 Å². The monoisotopic (exact) mass is 391 g/mol. The molecule has 0 fully saturated rings. The lowest BCUT2D eigenvalue weighted by atomic mass is 10.1. The third-order valence-electron chi connectivity index (χ3n) is 3.27. The maximum absolute atomic E-state index is 11.4. The van der Waals surface area contributed by atoms with Crippen LogP contribution in [-0.4, -0.2) is 23.9 Å². The van der Waals surface area contributed by atoms with Gasteiger partial charge in [-0.05, 0) is 42.8 Å². The molecule has 140 valence electrons. The molecule has 10 nitrogen and oxygen atoms in total. The molecule has 0 atom stereocenters. The molecule has 0 radical (unpaired) electrons. The molecule has 2 rings (SSSR count). The highest BCUT2D eigenvalue weighted by Crippen LogP contribution is 2.40. The smallest absolute Gasteiger partial charge is 0.339 e. The molecule has 0 spiro atoms. The Morgan fingerprint density at radius 3 is 2.37 bits per heavy atom. The molecule has 0 amide bonds. The van der Waals surface area contributed by atoms with E-state index < -0.39 is 26.7 Å². The summed E-state index contributed by atoms with van der Waals surface area (Å²) < 4.78 is 35.9. The van der Waals surface area contributed by atoms with Crippen LogP contribution in [0.3, 0.4) is 0 Å². The number of hydrogen-bond acceptors (Lipinski definition) is 8. The molecule has 0 bridgehead atoms. The number of benzene rings is 2. The highest BCUT2D eigenvalue weighted by atomic mass is 32.2. The molecule has 0 aliphatic heterocycles. The van der Waals surface area contributed by atoms with Gasteiger partial charge in [0.05, 0.1) is 15.5 Å². The van der Waals surface area contributed by atoms with Gasteiger partial charge in [0.2, 0.25) is 5.75 Å². The molecule has 0 aliphatic rings. The number of nitro groups is 1. The number of nitrogens with zero attached hydrogens (tertiary/aromatic N) is 3. The largest absolute Gasteiger partial charge is 0.416 e. The Labute approximate surface area is 153 Å². The fraction of sp³-hybridized carbons (Fsp3) is 0.0625.